The number of benzene rings is 1. The predicted molar refractivity (Wildman–Crippen MR) is 70.5 cm³/mol. The fourth-order valence-corrected chi connectivity index (χ4v) is 2.24. The molecular weight excluding hydrogens is 256 g/mol. The van der Waals surface area contributed by atoms with Crippen molar-refractivity contribution in [3.8, 4) is 0 Å². The smallest absolute Gasteiger partial charge is 0.248 e. The van der Waals surface area contributed by atoms with Gasteiger partial charge in [-0.2, -0.15) is 0 Å². The summed E-state index contributed by atoms with van der Waals surface area (Å²) in [6.07, 6.45) is 0. The highest BCUT2D eigenvalue weighted by atomic mass is 35.5. The summed E-state index contributed by atoms with van der Waals surface area (Å²) in [7, 11) is 0. The van der Waals surface area contributed by atoms with Gasteiger partial charge in [0.05, 0.1) is 5.69 Å². The molecule has 0 fully saturated rings. The molecule has 0 unspecified atom stereocenters. The second-order valence-corrected chi connectivity index (χ2v) is 4.85. The largest absolute Gasteiger partial charge is 0.300 e. The van der Waals surface area contributed by atoms with E-state index in [2.05, 4.69) is 10.3 Å². The van der Waals surface area contributed by atoms with Gasteiger partial charge in [0, 0.05) is 5.38 Å². The van der Waals surface area contributed by atoms with Gasteiger partial charge in [-0.3, -0.25) is 4.79 Å². The van der Waals surface area contributed by atoms with Gasteiger partial charge < -0.3 is 5.32 Å². The van der Waals surface area contributed by atoms with Gasteiger partial charge in [-0.05, 0) is 12.5 Å². The molecule has 0 radical (unpaired) electrons. The van der Waals surface area contributed by atoms with Crippen molar-refractivity contribution in [3.05, 3.63) is 47.0 Å². The van der Waals surface area contributed by atoms with Crippen molar-refractivity contribution in [2.75, 3.05) is 5.32 Å². The van der Waals surface area contributed by atoms with Crippen LogP contribution >= 0.6 is 22.9 Å². The number of aromatic nitrogens is 1. The molecular formula is C12H11ClN2OS. The van der Waals surface area contributed by atoms with Crippen molar-refractivity contribution in [2.45, 2.75) is 12.3 Å². The first-order valence-electron chi connectivity index (χ1n) is 5.09. The number of halogens is 1. The number of thiazole rings is 1. The molecule has 88 valence electrons. The number of nitrogens with one attached hydrogen (secondary N) is 1. The number of amides is 1. The third kappa shape index (κ3) is 3.05. The summed E-state index contributed by atoms with van der Waals surface area (Å²) in [6.45, 7) is 1.88. The Morgan fingerprint density at radius 3 is 2.71 bits per heavy atom. The molecule has 0 saturated heterocycles. The Morgan fingerprint density at radius 1 is 1.41 bits per heavy atom. The maximum Gasteiger partial charge on any atom is 0.248 e. The van der Waals surface area contributed by atoms with E-state index in [0.29, 0.717) is 5.13 Å². The highest BCUT2D eigenvalue weighted by molar-refractivity contribution is 7.13. The van der Waals surface area contributed by atoms with E-state index in [4.69, 9.17) is 11.6 Å². The molecule has 1 aromatic carbocycles. The zero-order valence-corrected chi connectivity index (χ0v) is 10.8. The van der Waals surface area contributed by atoms with Gasteiger partial charge in [0.1, 0.15) is 5.38 Å². The number of nitrogens with zero attached hydrogens (tertiary/aromatic N) is 1. The summed E-state index contributed by atoms with van der Waals surface area (Å²) < 4.78 is 0. The van der Waals surface area contributed by atoms with Gasteiger partial charge in [0.2, 0.25) is 5.91 Å². The number of hydrogen-bond donors (Lipinski definition) is 1. The molecule has 1 amide bonds. The molecule has 1 heterocycles. The molecule has 2 rings (SSSR count). The summed E-state index contributed by atoms with van der Waals surface area (Å²) in [5.74, 6) is -0.257. The lowest BCUT2D eigenvalue weighted by molar-refractivity contribution is -0.116. The number of alkyl halides is 1. The van der Waals surface area contributed by atoms with Crippen LogP contribution in [0.5, 0.6) is 0 Å². The monoisotopic (exact) mass is 266 g/mol. The van der Waals surface area contributed by atoms with E-state index in [1.807, 2.05) is 42.6 Å². The van der Waals surface area contributed by atoms with Crippen LogP contribution in [0.1, 0.15) is 16.6 Å². The summed E-state index contributed by atoms with van der Waals surface area (Å²) in [5, 5.41) is 4.46. The first-order valence-corrected chi connectivity index (χ1v) is 6.40. The molecule has 0 aliphatic heterocycles. The topological polar surface area (TPSA) is 42.0 Å². The lowest BCUT2D eigenvalue weighted by Crippen LogP contribution is -2.17. The van der Waals surface area contributed by atoms with Crippen LogP contribution in [0.25, 0.3) is 0 Å². The zero-order chi connectivity index (χ0) is 12.3. The molecule has 17 heavy (non-hydrogen) atoms. The van der Waals surface area contributed by atoms with Crippen LogP contribution in [0, 0.1) is 6.92 Å². The number of rotatable bonds is 3. The Hall–Kier alpha value is -1.39. The van der Waals surface area contributed by atoms with Crippen molar-refractivity contribution < 1.29 is 4.79 Å². The highest BCUT2D eigenvalue weighted by Crippen LogP contribution is 2.23. The first-order chi connectivity index (χ1) is 8.16. The number of aryl methyl sites for hydroxylation is 1. The minimum absolute atomic E-state index is 0.257. The van der Waals surface area contributed by atoms with Gasteiger partial charge in [-0.15, -0.1) is 22.9 Å². The molecule has 5 heteroatoms. The molecule has 0 aliphatic rings. The average Bonchev–Trinajstić information content (AvgIpc) is 2.75. The predicted octanol–water partition coefficient (Wildman–Crippen LogP) is 3.37. The maximum absolute atomic E-state index is 11.8. The molecule has 3 nitrogen and oxygen atoms in total. The van der Waals surface area contributed by atoms with E-state index in [1.54, 1.807) is 0 Å². The highest BCUT2D eigenvalue weighted by Gasteiger charge is 2.18. The Bertz CT molecular complexity index is 512. The van der Waals surface area contributed by atoms with Gasteiger partial charge >= 0.3 is 0 Å². The SMILES string of the molecule is Cc1csc(NC(=O)[C@@H](Cl)c2ccccc2)n1. The van der Waals surface area contributed by atoms with E-state index < -0.39 is 5.38 Å². The van der Waals surface area contributed by atoms with E-state index in [9.17, 15) is 4.79 Å². The fraction of sp³-hybridized carbons (Fsp3) is 0.167. The summed E-state index contributed by atoms with van der Waals surface area (Å²) >= 11 is 7.47. The normalized spacial score (nSPS) is 12.1. The van der Waals surface area contributed by atoms with E-state index in [1.165, 1.54) is 11.3 Å². The molecule has 0 spiro atoms. The molecule has 2 aromatic rings. The zero-order valence-electron chi connectivity index (χ0n) is 9.18. The average molecular weight is 267 g/mol. The Morgan fingerprint density at radius 2 is 2.12 bits per heavy atom. The summed E-state index contributed by atoms with van der Waals surface area (Å²) in [4.78, 5) is 16.0. The third-order valence-corrected chi connectivity index (χ3v) is 3.50. The van der Waals surface area contributed by atoms with E-state index in [0.717, 1.165) is 11.3 Å². The van der Waals surface area contributed by atoms with Crippen molar-refractivity contribution in [2.24, 2.45) is 0 Å². The minimum atomic E-state index is -0.694. The molecule has 1 atom stereocenters. The third-order valence-electron chi connectivity index (χ3n) is 2.17. The van der Waals surface area contributed by atoms with Crippen LogP contribution < -0.4 is 5.32 Å². The minimum Gasteiger partial charge on any atom is -0.300 e. The van der Waals surface area contributed by atoms with Crippen molar-refractivity contribution in [3.63, 3.8) is 0 Å². The van der Waals surface area contributed by atoms with E-state index in [-0.39, 0.29) is 5.91 Å². The van der Waals surface area contributed by atoms with Crippen LogP contribution in [0.2, 0.25) is 0 Å². The molecule has 0 aliphatic carbocycles. The lowest BCUT2D eigenvalue weighted by atomic mass is 10.1. The van der Waals surface area contributed by atoms with Crippen molar-refractivity contribution in [1.82, 2.24) is 4.98 Å². The molecule has 1 aromatic heterocycles. The Kier molecular flexibility index (Phi) is 3.76. The van der Waals surface area contributed by atoms with Gasteiger partial charge in [-0.25, -0.2) is 4.98 Å². The van der Waals surface area contributed by atoms with Crippen molar-refractivity contribution in [1.29, 1.82) is 0 Å². The Labute approximate surface area is 108 Å². The van der Waals surface area contributed by atoms with Crippen LogP contribution in [0.15, 0.2) is 35.7 Å². The van der Waals surface area contributed by atoms with Gasteiger partial charge in [0.15, 0.2) is 5.13 Å². The quantitative estimate of drug-likeness (QED) is 0.866. The number of hydrogen-bond acceptors (Lipinski definition) is 3. The van der Waals surface area contributed by atoms with Crippen LogP contribution in [-0.2, 0) is 4.79 Å². The van der Waals surface area contributed by atoms with Crippen LogP contribution in [0.4, 0.5) is 5.13 Å². The van der Waals surface area contributed by atoms with E-state index >= 15 is 0 Å². The Balaban J connectivity index is 2.06. The summed E-state index contributed by atoms with van der Waals surface area (Å²) in [6, 6.07) is 9.24. The molecule has 0 saturated carbocycles. The second kappa shape index (κ2) is 5.29. The first kappa shape index (κ1) is 12.1. The van der Waals surface area contributed by atoms with Gasteiger partial charge in [-0.1, -0.05) is 30.3 Å². The number of anilines is 1. The van der Waals surface area contributed by atoms with Crippen LogP contribution in [0.3, 0.4) is 0 Å². The lowest BCUT2D eigenvalue weighted by Gasteiger charge is -2.08. The number of carbonyl (C=O) groups is 1. The molecule has 1 N–H and O–H groups in total. The number of carbonyl (C=O) groups excluding carboxylic acids is 1. The van der Waals surface area contributed by atoms with Gasteiger partial charge in [0.25, 0.3) is 0 Å². The maximum atomic E-state index is 11.8. The van der Waals surface area contributed by atoms with Crippen LogP contribution in [-0.4, -0.2) is 10.9 Å². The van der Waals surface area contributed by atoms with Crippen molar-refractivity contribution >= 4 is 34.0 Å². The molecule has 0 bridgehead atoms. The second-order valence-electron chi connectivity index (χ2n) is 3.56. The summed E-state index contributed by atoms with van der Waals surface area (Å²) in [5.41, 5.74) is 1.66. The standard InChI is InChI=1S/C12H11ClN2OS/c1-8-7-17-12(14-8)15-11(16)10(13)9-5-3-2-4-6-9/h2-7,10H,1H3,(H,14,15,16)/t10-/m0/s1. The fourth-order valence-electron chi connectivity index (χ4n) is 1.35.